The van der Waals surface area contributed by atoms with Crippen LogP contribution in [0.1, 0.15) is 43.0 Å². The van der Waals surface area contributed by atoms with Gasteiger partial charge in [0.05, 0.1) is 10.5 Å². The third-order valence-corrected chi connectivity index (χ3v) is 4.58. The van der Waals surface area contributed by atoms with Gasteiger partial charge in [0.1, 0.15) is 0 Å². The van der Waals surface area contributed by atoms with Crippen LogP contribution >= 0.6 is 11.6 Å². The zero-order valence-electron chi connectivity index (χ0n) is 10.7. The van der Waals surface area contributed by atoms with E-state index < -0.39 is 0 Å². The second-order valence-corrected chi connectivity index (χ2v) is 5.80. The lowest BCUT2D eigenvalue weighted by atomic mass is 9.91. The molecule has 3 N–H and O–H groups in total. The number of hydrogen-bond acceptors (Lipinski definition) is 1. The molecule has 1 aliphatic rings. The fourth-order valence-corrected chi connectivity index (χ4v) is 3.54. The van der Waals surface area contributed by atoms with Crippen molar-refractivity contribution in [3.05, 3.63) is 34.5 Å². The van der Waals surface area contributed by atoms with Crippen LogP contribution in [-0.4, -0.2) is 4.98 Å². The van der Waals surface area contributed by atoms with Crippen molar-refractivity contribution in [1.82, 2.24) is 4.98 Å². The lowest BCUT2D eigenvalue weighted by Crippen LogP contribution is -2.19. The molecule has 1 unspecified atom stereocenters. The molecule has 0 spiro atoms. The number of nitrogens with two attached hydrogens (primary N) is 1. The number of benzene rings is 1. The SMILES string of the molecule is Cc1[nH]c2c(Cl)cccc2c1C(N)C1CCCC1. The van der Waals surface area contributed by atoms with Gasteiger partial charge >= 0.3 is 0 Å². The minimum Gasteiger partial charge on any atom is -0.357 e. The molecule has 1 fully saturated rings. The van der Waals surface area contributed by atoms with E-state index in [1.54, 1.807) is 0 Å². The fourth-order valence-electron chi connectivity index (χ4n) is 3.31. The van der Waals surface area contributed by atoms with Gasteiger partial charge in [-0.05, 0) is 37.3 Å². The van der Waals surface area contributed by atoms with Gasteiger partial charge in [-0.15, -0.1) is 0 Å². The molecule has 0 radical (unpaired) electrons. The maximum absolute atomic E-state index is 6.50. The van der Waals surface area contributed by atoms with E-state index in [2.05, 4.69) is 18.0 Å². The zero-order valence-corrected chi connectivity index (χ0v) is 11.4. The first kappa shape index (κ1) is 12.1. The van der Waals surface area contributed by atoms with Crippen LogP contribution in [0.25, 0.3) is 10.9 Å². The number of halogens is 1. The molecule has 0 bridgehead atoms. The highest BCUT2D eigenvalue weighted by atomic mass is 35.5. The normalized spacial score (nSPS) is 18.6. The summed E-state index contributed by atoms with van der Waals surface area (Å²) in [4.78, 5) is 3.39. The van der Waals surface area contributed by atoms with E-state index in [-0.39, 0.29) is 6.04 Å². The number of aromatic nitrogens is 1. The molecule has 2 nitrogen and oxygen atoms in total. The highest BCUT2D eigenvalue weighted by Gasteiger charge is 2.26. The van der Waals surface area contributed by atoms with Gasteiger partial charge in [-0.3, -0.25) is 0 Å². The predicted octanol–water partition coefficient (Wildman–Crippen LogP) is 4.32. The summed E-state index contributed by atoms with van der Waals surface area (Å²) in [5, 5.41) is 1.97. The van der Waals surface area contributed by atoms with Crippen LogP contribution in [-0.2, 0) is 0 Å². The molecule has 1 aromatic carbocycles. The molecular formula is C15H19ClN2. The standard InChI is InChI=1S/C15H19ClN2/c1-9-13(14(17)10-5-2-3-6-10)11-7-4-8-12(16)15(11)18-9/h4,7-8,10,14,18H,2-3,5-6,17H2,1H3. The molecule has 1 aliphatic carbocycles. The Labute approximate surface area is 113 Å². The summed E-state index contributed by atoms with van der Waals surface area (Å²) in [5.74, 6) is 0.627. The minimum absolute atomic E-state index is 0.139. The molecule has 1 aromatic heterocycles. The maximum Gasteiger partial charge on any atom is 0.0648 e. The predicted molar refractivity (Wildman–Crippen MR) is 76.9 cm³/mol. The van der Waals surface area contributed by atoms with E-state index >= 15 is 0 Å². The maximum atomic E-state index is 6.50. The number of hydrogen-bond donors (Lipinski definition) is 2. The Kier molecular flexibility index (Phi) is 3.08. The Hall–Kier alpha value is -0.990. The van der Waals surface area contributed by atoms with Crippen molar-refractivity contribution in [2.45, 2.75) is 38.6 Å². The summed E-state index contributed by atoms with van der Waals surface area (Å²) in [6.45, 7) is 2.10. The molecule has 3 rings (SSSR count). The topological polar surface area (TPSA) is 41.8 Å². The average Bonchev–Trinajstić information content (AvgIpc) is 2.96. The molecule has 1 atom stereocenters. The lowest BCUT2D eigenvalue weighted by molar-refractivity contribution is 0.445. The number of H-pyrrole nitrogens is 1. The third-order valence-electron chi connectivity index (χ3n) is 4.26. The van der Waals surface area contributed by atoms with Crippen LogP contribution in [0.15, 0.2) is 18.2 Å². The fraction of sp³-hybridized carbons (Fsp3) is 0.467. The van der Waals surface area contributed by atoms with Gasteiger partial charge in [0.2, 0.25) is 0 Å². The highest BCUT2D eigenvalue weighted by Crippen LogP contribution is 2.39. The van der Waals surface area contributed by atoms with Crippen LogP contribution in [0.4, 0.5) is 0 Å². The van der Waals surface area contributed by atoms with E-state index in [0.29, 0.717) is 5.92 Å². The van der Waals surface area contributed by atoms with E-state index in [0.717, 1.165) is 16.2 Å². The summed E-state index contributed by atoms with van der Waals surface area (Å²) in [7, 11) is 0. The van der Waals surface area contributed by atoms with Gasteiger partial charge in [-0.2, -0.15) is 0 Å². The number of nitrogens with one attached hydrogen (secondary N) is 1. The number of fused-ring (bicyclic) bond motifs is 1. The monoisotopic (exact) mass is 262 g/mol. The van der Waals surface area contributed by atoms with E-state index in [9.17, 15) is 0 Å². The Bertz CT molecular complexity index is 567. The Morgan fingerprint density at radius 1 is 1.33 bits per heavy atom. The largest absolute Gasteiger partial charge is 0.357 e. The summed E-state index contributed by atoms with van der Waals surface area (Å²) in [5.41, 5.74) is 9.95. The summed E-state index contributed by atoms with van der Waals surface area (Å²) < 4.78 is 0. The van der Waals surface area contributed by atoms with Gasteiger partial charge < -0.3 is 10.7 Å². The molecule has 1 saturated carbocycles. The summed E-state index contributed by atoms with van der Waals surface area (Å²) in [6.07, 6.45) is 5.16. The lowest BCUT2D eigenvalue weighted by Gasteiger charge is -2.19. The second kappa shape index (κ2) is 4.60. The van der Waals surface area contributed by atoms with Crippen molar-refractivity contribution in [1.29, 1.82) is 0 Å². The van der Waals surface area contributed by atoms with E-state index in [1.807, 2.05) is 12.1 Å². The number of aryl methyl sites for hydroxylation is 1. The van der Waals surface area contributed by atoms with Crippen molar-refractivity contribution < 1.29 is 0 Å². The van der Waals surface area contributed by atoms with Gasteiger partial charge in [-0.25, -0.2) is 0 Å². The zero-order chi connectivity index (χ0) is 12.7. The highest BCUT2D eigenvalue weighted by molar-refractivity contribution is 6.35. The third kappa shape index (κ3) is 1.84. The van der Waals surface area contributed by atoms with Crippen molar-refractivity contribution in [3.63, 3.8) is 0 Å². The van der Waals surface area contributed by atoms with E-state index in [1.165, 1.54) is 36.6 Å². The molecule has 18 heavy (non-hydrogen) atoms. The number of para-hydroxylation sites is 1. The Balaban J connectivity index is 2.10. The first-order valence-electron chi connectivity index (χ1n) is 6.70. The van der Waals surface area contributed by atoms with Crippen molar-refractivity contribution >= 4 is 22.5 Å². The summed E-state index contributed by atoms with van der Waals surface area (Å²) >= 11 is 6.23. The first-order chi connectivity index (χ1) is 8.68. The van der Waals surface area contributed by atoms with Crippen LogP contribution in [0.2, 0.25) is 5.02 Å². The van der Waals surface area contributed by atoms with E-state index in [4.69, 9.17) is 17.3 Å². The molecule has 0 saturated heterocycles. The second-order valence-electron chi connectivity index (χ2n) is 5.40. The van der Waals surface area contributed by atoms with Crippen molar-refractivity contribution in [2.24, 2.45) is 11.7 Å². The minimum atomic E-state index is 0.139. The molecular weight excluding hydrogens is 244 g/mol. The summed E-state index contributed by atoms with van der Waals surface area (Å²) in [6, 6.07) is 6.18. The first-order valence-corrected chi connectivity index (χ1v) is 7.08. The molecule has 2 aromatic rings. The average molecular weight is 263 g/mol. The molecule has 1 heterocycles. The molecule has 0 amide bonds. The van der Waals surface area contributed by atoms with Gasteiger partial charge in [0.25, 0.3) is 0 Å². The van der Waals surface area contributed by atoms with Crippen LogP contribution < -0.4 is 5.73 Å². The Morgan fingerprint density at radius 3 is 2.78 bits per heavy atom. The molecule has 3 heteroatoms. The smallest absolute Gasteiger partial charge is 0.0648 e. The van der Waals surface area contributed by atoms with Gasteiger partial charge in [-0.1, -0.05) is 36.6 Å². The molecule has 0 aliphatic heterocycles. The Morgan fingerprint density at radius 2 is 2.06 bits per heavy atom. The molecule has 96 valence electrons. The number of aromatic amines is 1. The quantitative estimate of drug-likeness (QED) is 0.832. The van der Waals surface area contributed by atoms with Crippen LogP contribution in [0.5, 0.6) is 0 Å². The van der Waals surface area contributed by atoms with Crippen molar-refractivity contribution in [3.8, 4) is 0 Å². The van der Waals surface area contributed by atoms with Crippen LogP contribution in [0, 0.1) is 12.8 Å². The number of rotatable bonds is 2. The van der Waals surface area contributed by atoms with Crippen molar-refractivity contribution in [2.75, 3.05) is 0 Å². The van der Waals surface area contributed by atoms with Crippen LogP contribution in [0.3, 0.4) is 0 Å². The van der Waals surface area contributed by atoms with Gasteiger partial charge in [0, 0.05) is 17.1 Å². The van der Waals surface area contributed by atoms with Gasteiger partial charge in [0.15, 0.2) is 0 Å².